The van der Waals surface area contributed by atoms with Crippen LogP contribution in [0.4, 0.5) is 4.39 Å². The average molecular weight is 397 g/mol. The Morgan fingerprint density at radius 2 is 1.77 bits per heavy atom. The van der Waals surface area contributed by atoms with Crippen molar-refractivity contribution in [1.82, 2.24) is 9.62 Å². The van der Waals surface area contributed by atoms with Gasteiger partial charge in [-0.1, -0.05) is 17.7 Å². The Balaban J connectivity index is 1.60. The molecule has 0 spiro atoms. The second-order valence-electron chi connectivity index (χ2n) is 6.12. The summed E-state index contributed by atoms with van der Waals surface area (Å²) >= 11 is 5.80. The molecule has 0 saturated carbocycles. The molecule has 0 aromatic heterocycles. The average Bonchev–Trinajstić information content (AvgIpc) is 2.62. The summed E-state index contributed by atoms with van der Waals surface area (Å²) in [4.78, 5) is 12.4. The largest absolute Gasteiger partial charge is 0.349 e. The number of benzene rings is 2. The zero-order valence-electron chi connectivity index (χ0n) is 13.9. The van der Waals surface area contributed by atoms with Gasteiger partial charge in [0.1, 0.15) is 5.82 Å². The van der Waals surface area contributed by atoms with Crippen molar-refractivity contribution in [2.45, 2.75) is 23.8 Å². The molecule has 1 fully saturated rings. The molecule has 0 radical (unpaired) electrons. The van der Waals surface area contributed by atoms with Crippen molar-refractivity contribution >= 4 is 27.5 Å². The van der Waals surface area contributed by atoms with Gasteiger partial charge in [-0.2, -0.15) is 4.31 Å². The van der Waals surface area contributed by atoms with Crippen LogP contribution >= 0.6 is 11.6 Å². The van der Waals surface area contributed by atoms with Crippen LogP contribution < -0.4 is 5.32 Å². The van der Waals surface area contributed by atoms with Gasteiger partial charge in [0.2, 0.25) is 10.0 Å². The number of carbonyl (C=O) groups is 1. The Labute approximate surface area is 156 Å². The highest BCUT2D eigenvalue weighted by Gasteiger charge is 2.30. The second kappa shape index (κ2) is 7.73. The van der Waals surface area contributed by atoms with E-state index >= 15 is 0 Å². The van der Waals surface area contributed by atoms with Gasteiger partial charge in [-0.25, -0.2) is 12.8 Å². The van der Waals surface area contributed by atoms with Crippen LogP contribution in [0.25, 0.3) is 0 Å². The van der Waals surface area contributed by atoms with E-state index in [0.29, 0.717) is 31.0 Å². The number of nitrogens with one attached hydrogen (secondary N) is 1. The maximum atomic E-state index is 13.2. The van der Waals surface area contributed by atoms with E-state index in [-0.39, 0.29) is 22.4 Å². The van der Waals surface area contributed by atoms with Gasteiger partial charge in [0, 0.05) is 29.7 Å². The minimum atomic E-state index is -3.58. The van der Waals surface area contributed by atoms with Crippen LogP contribution in [0.3, 0.4) is 0 Å². The molecule has 1 aliphatic rings. The van der Waals surface area contributed by atoms with E-state index in [1.54, 1.807) is 18.2 Å². The van der Waals surface area contributed by atoms with E-state index in [2.05, 4.69) is 5.32 Å². The number of hydrogen-bond acceptors (Lipinski definition) is 3. The number of rotatable bonds is 4. The Morgan fingerprint density at radius 1 is 1.12 bits per heavy atom. The molecule has 1 amide bonds. The van der Waals surface area contributed by atoms with Gasteiger partial charge in [0.15, 0.2) is 0 Å². The van der Waals surface area contributed by atoms with Gasteiger partial charge in [-0.15, -0.1) is 0 Å². The van der Waals surface area contributed by atoms with Crippen molar-refractivity contribution in [3.8, 4) is 0 Å². The standard InChI is InChI=1S/C18H18ClFN2O3S/c19-14-4-6-17(7-5-14)26(24,25)22-10-8-16(9-11-22)21-18(23)13-2-1-3-15(20)12-13/h1-7,12,16H,8-11H2,(H,21,23). The summed E-state index contributed by atoms with van der Waals surface area (Å²) in [7, 11) is -3.58. The molecule has 0 aliphatic carbocycles. The Morgan fingerprint density at radius 3 is 2.38 bits per heavy atom. The fourth-order valence-electron chi connectivity index (χ4n) is 2.89. The highest BCUT2D eigenvalue weighted by Crippen LogP contribution is 2.22. The molecule has 3 rings (SSSR count). The quantitative estimate of drug-likeness (QED) is 0.863. The third-order valence-electron chi connectivity index (χ3n) is 4.33. The van der Waals surface area contributed by atoms with Crippen LogP contribution in [0.1, 0.15) is 23.2 Å². The Kier molecular flexibility index (Phi) is 5.60. The van der Waals surface area contributed by atoms with E-state index in [9.17, 15) is 17.6 Å². The first kappa shape index (κ1) is 18.8. The highest BCUT2D eigenvalue weighted by atomic mass is 35.5. The molecule has 0 bridgehead atoms. The fourth-order valence-corrected chi connectivity index (χ4v) is 4.49. The normalized spacial score (nSPS) is 16.4. The predicted molar refractivity (Wildman–Crippen MR) is 97.1 cm³/mol. The first-order valence-electron chi connectivity index (χ1n) is 8.18. The topological polar surface area (TPSA) is 66.5 Å². The Hall–Kier alpha value is -1.96. The smallest absolute Gasteiger partial charge is 0.251 e. The molecule has 26 heavy (non-hydrogen) atoms. The molecule has 2 aromatic carbocycles. The van der Waals surface area contributed by atoms with Gasteiger partial charge in [-0.05, 0) is 55.3 Å². The minimum Gasteiger partial charge on any atom is -0.349 e. The minimum absolute atomic E-state index is 0.151. The number of hydrogen-bond donors (Lipinski definition) is 1. The number of nitrogens with zero attached hydrogens (tertiary/aromatic N) is 1. The molecule has 1 aliphatic heterocycles. The van der Waals surface area contributed by atoms with Gasteiger partial charge < -0.3 is 5.32 Å². The maximum Gasteiger partial charge on any atom is 0.251 e. The summed E-state index contributed by atoms with van der Waals surface area (Å²) in [6.45, 7) is 0.609. The molecule has 1 heterocycles. The number of amides is 1. The number of halogens is 2. The summed E-state index contributed by atoms with van der Waals surface area (Å²) in [6.07, 6.45) is 0.988. The van der Waals surface area contributed by atoms with Crippen LogP contribution in [0.2, 0.25) is 5.02 Å². The van der Waals surface area contributed by atoms with Gasteiger partial charge in [-0.3, -0.25) is 4.79 Å². The van der Waals surface area contributed by atoms with Crippen LogP contribution in [-0.2, 0) is 10.0 Å². The molecule has 1 N–H and O–H groups in total. The summed E-state index contributed by atoms with van der Waals surface area (Å²) in [6, 6.07) is 11.4. The van der Waals surface area contributed by atoms with Crippen molar-refractivity contribution < 1.29 is 17.6 Å². The van der Waals surface area contributed by atoms with Crippen LogP contribution in [-0.4, -0.2) is 37.8 Å². The number of sulfonamides is 1. The van der Waals surface area contributed by atoms with Gasteiger partial charge in [0.05, 0.1) is 4.90 Å². The molecule has 1 saturated heterocycles. The first-order valence-corrected chi connectivity index (χ1v) is 10.0. The van der Waals surface area contributed by atoms with Crippen LogP contribution in [0, 0.1) is 5.82 Å². The van der Waals surface area contributed by atoms with E-state index < -0.39 is 15.8 Å². The van der Waals surface area contributed by atoms with Crippen molar-refractivity contribution in [3.05, 3.63) is 64.9 Å². The molecule has 0 atom stereocenters. The van der Waals surface area contributed by atoms with Crippen molar-refractivity contribution in [2.24, 2.45) is 0 Å². The van der Waals surface area contributed by atoms with Crippen LogP contribution in [0.5, 0.6) is 0 Å². The summed E-state index contributed by atoms with van der Waals surface area (Å²) < 4.78 is 39.9. The Bertz CT molecular complexity index is 895. The zero-order valence-corrected chi connectivity index (χ0v) is 15.4. The summed E-state index contributed by atoms with van der Waals surface area (Å²) in [5, 5.41) is 3.31. The monoisotopic (exact) mass is 396 g/mol. The lowest BCUT2D eigenvalue weighted by atomic mass is 10.1. The highest BCUT2D eigenvalue weighted by molar-refractivity contribution is 7.89. The molecule has 0 unspecified atom stereocenters. The summed E-state index contributed by atoms with van der Waals surface area (Å²) in [5.41, 5.74) is 0.251. The maximum absolute atomic E-state index is 13.2. The van der Waals surface area contributed by atoms with Crippen molar-refractivity contribution in [1.29, 1.82) is 0 Å². The van der Waals surface area contributed by atoms with E-state index in [4.69, 9.17) is 11.6 Å². The first-order chi connectivity index (χ1) is 12.4. The lowest BCUT2D eigenvalue weighted by Crippen LogP contribution is -2.46. The second-order valence-corrected chi connectivity index (χ2v) is 8.49. The lowest BCUT2D eigenvalue weighted by molar-refractivity contribution is 0.0923. The molecule has 2 aromatic rings. The predicted octanol–water partition coefficient (Wildman–Crippen LogP) is 3.06. The third kappa shape index (κ3) is 4.23. The van der Waals surface area contributed by atoms with Crippen molar-refractivity contribution in [3.63, 3.8) is 0 Å². The molecular weight excluding hydrogens is 379 g/mol. The third-order valence-corrected chi connectivity index (χ3v) is 6.49. The summed E-state index contributed by atoms with van der Waals surface area (Å²) in [5.74, 6) is -0.829. The van der Waals surface area contributed by atoms with Crippen LogP contribution in [0.15, 0.2) is 53.4 Å². The number of piperidine rings is 1. The zero-order chi connectivity index (χ0) is 18.7. The number of carbonyl (C=O) groups excluding carboxylic acids is 1. The molecular formula is C18H18ClFN2O3S. The fraction of sp³-hybridized carbons (Fsp3) is 0.278. The van der Waals surface area contributed by atoms with E-state index in [1.807, 2.05) is 0 Å². The van der Waals surface area contributed by atoms with E-state index in [1.165, 1.54) is 34.6 Å². The molecule has 8 heteroatoms. The lowest BCUT2D eigenvalue weighted by Gasteiger charge is -2.31. The van der Waals surface area contributed by atoms with E-state index in [0.717, 1.165) is 0 Å². The molecule has 138 valence electrons. The SMILES string of the molecule is O=C(NC1CCN(S(=O)(=O)c2ccc(Cl)cc2)CC1)c1cccc(F)c1. The molecule has 5 nitrogen and oxygen atoms in total. The van der Waals surface area contributed by atoms with Gasteiger partial charge >= 0.3 is 0 Å². The van der Waals surface area contributed by atoms with Crippen molar-refractivity contribution in [2.75, 3.05) is 13.1 Å². The van der Waals surface area contributed by atoms with Gasteiger partial charge in [0.25, 0.3) is 5.91 Å².